The number of sulfonamides is 1. The van der Waals surface area contributed by atoms with Crippen molar-refractivity contribution in [2.45, 2.75) is 4.90 Å². The van der Waals surface area contributed by atoms with E-state index in [-0.39, 0.29) is 15.5 Å². The third kappa shape index (κ3) is 3.09. The van der Waals surface area contributed by atoms with Crippen LogP contribution >= 0.6 is 11.3 Å². The molecule has 5 nitrogen and oxygen atoms in total. The van der Waals surface area contributed by atoms with Crippen molar-refractivity contribution in [3.63, 3.8) is 0 Å². The second-order valence-electron chi connectivity index (χ2n) is 3.56. The highest BCUT2D eigenvalue weighted by Crippen LogP contribution is 2.22. The molecular weight excluding hydrogens is 293 g/mol. The normalized spacial score (nSPS) is 11.2. The van der Waals surface area contributed by atoms with E-state index in [0.717, 1.165) is 29.5 Å². The van der Waals surface area contributed by atoms with Gasteiger partial charge in [-0.05, 0) is 30.3 Å². The molecule has 19 heavy (non-hydrogen) atoms. The van der Waals surface area contributed by atoms with Crippen LogP contribution in [0.1, 0.15) is 9.67 Å². The predicted octanol–water partition coefficient (Wildman–Crippen LogP) is 2.39. The highest BCUT2D eigenvalue weighted by molar-refractivity contribution is 7.92. The fourth-order valence-electron chi connectivity index (χ4n) is 1.30. The van der Waals surface area contributed by atoms with E-state index in [9.17, 15) is 17.6 Å². The maximum Gasteiger partial charge on any atom is 0.345 e. The van der Waals surface area contributed by atoms with Crippen molar-refractivity contribution < 1.29 is 22.7 Å². The van der Waals surface area contributed by atoms with Crippen LogP contribution in [0.4, 0.5) is 10.1 Å². The van der Waals surface area contributed by atoms with Gasteiger partial charge in [-0.1, -0.05) is 0 Å². The van der Waals surface area contributed by atoms with Crippen molar-refractivity contribution in [1.82, 2.24) is 0 Å². The Morgan fingerprint density at radius 1 is 1.26 bits per heavy atom. The smallest absolute Gasteiger partial charge is 0.345 e. The second kappa shape index (κ2) is 4.98. The summed E-state index contributed by atoms with van der Waals surface area (Å²) in [6, 6.07) is 5.86. The van der Waals surface area contributed by atoms with E-state index in [1.54, 1.807) is 0 Å². The summed E-state index contributed by atoms with van der Waals surface area (Å²) >= 11 is 0.819. The zero-order valence-corrected chi connectivity index (χ0v) is 11.0. The summed E-state index contributed by atoms with van der Waals surface area (Å²) < 4.78 is 38.8. The Kier molecular flexibility index (Phi) is 3.54. The molecule has 100 valence electrons. The molecule has 0 aliphatic rings. The number of anilines is 1. The minimum Gasteiger partial charge on any atom is -0.477 e. The number of benzene rings is 1. The van der Waals surface area contributed by atoms with E-state index in [4.69, 9.17) is 5.11 Å². The minimum absolute atomic E-state index is 0.0699. The Morgan fingerprint density at radius 2 is 1.89 bits per heavy atom. The quantitative estimate of drug-likeness (QED) is 0.908. The van der Waals surface area contributed by atoms with Gasteiger partial charge < -0.3 is 5.11 Å². The summed E-state index contributed by atoms with van der Waals surface area (Å²) in [6.07, 6.45) is 0. The molecule has 0 unspecified atom stereocenters. The molecule has 0 saturated heterocycles. The summed E-state index contributed by atoms with van der Waals surface area (Å²) in [7, 11) is -3.86. The number of nitrogens with one attached hydrogen (secondary N) is 1. The number of rotatable bonds is 4. The molecule has 0 radical (unpaired) electrons. The van der Waals surface area contributed by atoms with Crippen LogP contribution in [0.15, 0.2) is 40.6 Å². The van der Waals surface area contributed by atoms with Crippen LogP contribution in [-0.2, 0) is 10.0 Å². The SMILES string of the molecule is O=C(O)c1cc(S(=O)(=O)Nc2ccc(F)cc2)cs1. The van der Waals surface area contributed by atoms with Gasteiger partial charge in [0.1, 0.15) is 10.7 Å². The van der Waals surface area contributed by atoms with Crippen molar-refractivity contribution in [3.05, 3.63) is 46.4 Å². The zero-order valence-electron chi connectivity index (χ0n) is 9.33. The van der Waals surface area contributed by atoms with E-state index < -0.39 is 21.8 Å². The molecule has 2 rings (SSSR count). The summed E-state index contributed by atoms with van der Waals surface area (Å²) in [5.74, 6) is -1.67. The lowest BCUT2D eigenvalue weighted by Crippen LogP contribution is -2.12. The average molecular weight is 301 g/mol. The van der Waals surface area contributed by atoms with Crippen molar-refractivity contribution in [3.8, 4) is 0 Å². The van der Waals surface area contributed by atoms with Crippen LogP contribution < -0.4 is 4.72 Å². The van der Waals surface area contributed by atoms with Crippen LogP contribution in [0.25, 0.3) is 0 Å². The summed E-state index contributed by atoms with van der Waals surface area (Å²) in [4.78, 5) is 10.5. The van der Waals surface area contributed by atoms with E-state index in [0.29, 0.717) is 0 Å². The molecule has 1 aromatic carbocycles. The van der Waals surface area contributed by atoms with Gasteiger partial charge in [0.25, 0.3) is 10.0 Å². The van der Waals surface area contributed by atoms with Gasteiger partial charge in [0.05, 0.1) is 4.90 Å². The lowest BCUT2D eigenvalue weighted by atomic mass is 10.3. The third-order valence-electron chi connectivity index (χ3n) is 2.19. The van der Waals surface area contributed by atoms with Gasteiger partial charge in [0, 0.05) is 11.1 Å². The van der Waals surface area contributed by atoms with Crippen LogP contribution in [0, 0.1) is 5.82 Å². The van der Waals surface area contributed by atoms with E-state index in [1.807, 2.05) is 0 Å². The van der Waals surface area contributed by atoms with Crippen molar-refractivity contribution in [2.24, 2.45) is 0 Å². The van der Waals surface area contributed by atoms with Crippen LogP contribution in [0.2, 0.25) is 0 Å². The standard InChI is InChI=1S/C11H8FNO4S2/c12-7-1-3-8(4-2-7)13-19(16,17)9-5-10(11(14)15)18-6-9/h1-6,13H,(H,14,15). The molecule has 0 spiro atoms. The summed E-state index contributed by atoms with van der Waals surface area (Å²) in [5, 5.41) is 9.97. The van der Waals surface area contributed by atoms with E-state index >= 15 is 0 Å². The molecule has 8 heteroatoms. The Morgan fingerprint density at radius 3 is 2.42 bits per heavy atom. The lowest BCUT2D eigenvalue weighted by molar-refractivity contribution is 0.0702. The number of carboxylic acids is 1. The molecule has 1 aromatic heterocycles. The van der Waals surface area contributed by atoms with Crippen LogP contribution in [0.3, 0.4) is 0 Å². The lowest BCUT2D eigenvalue weighted by Gasteiger charge is -2.05. The van der Waals surface area contributed by atoms with Crippen molar-refractivity contribution in [1.29, 1.82) is 0 Å². The van der Waals surface area contributed by atoms with Crippen LogP contribution in [0.5, 0.6) is 0 Å². The number of hydrogen-bond donors (Lipinski definition) is 2. The van der Waals surface area contributed by atoms with Gasteiger partial charge in [-0.2, -0.15) is 0 Å². The molecule has 0 atom stereocenters. The first-order valence-electron chi connectivity index (χ1n) is 4.99. The monoisotopic (exact) mass is 301 g/mol. The molecule has 0 bridgehead atoms. The van der Waals surface area contributed by atoms with E-state index in [1.165, 1.54) is 17.5 Å². The fourth-order valence-corrected chi connectivity index (χ4v) is 3.47. The van der Waals surface area contributed by atoms with Gasteiger partial charge in [-0.25, -0.2) is 17.6 Å². The van der Waals surface area contributed by atoms with Gasteiger partial charge in [0.2, 0.25) is 0 Å². The minimum atomic E-state index is -3.86. The molecule has 2 aromatic rings. The molecule has 0 saturated carbocycles. The van der Waals surface area contributed by atoms with Crippen molar-refractivity contribution in [2.75, 3.05) is 4.72 Å². The van der Waals surface area contributed by atoms with Gasteiger partial charge in [0.15, 0.2) is 0 Å². The maximum atomic E-state index is 12.7. The Labute approximate surface area is 112 Å². The molecule has 0 aliphatic carbocycles. The largest absolute Gasteiger partial charge is 0.477 e. The molecular formula is C11H8FNO4S2. The Hall–Kier alpha value is -1.93. The van der Waals surface area contributed by atoms with Gasteiger partial charge >= 0.3 is 5.97 Å². The topological polar surface area (TPSA) is 83.5 Å². The Balaban J connectivity index is 2.26. The molecule has 0 aliphatic heterocycles. The molecule has 1 heterocycles. The first-order chi connectivity index (χ1) is 8.88. The number of carboxylic acid groups (broad SMARTS) is 1. The zero-order chi connectivity index (χ0) is 14.0. The fraction of sp³-hybridized carbons (Fsp3) is 0. The summed E-state index contributed by atoms with van der Waals surface area (Å²) in [5.41, 5.74) is 0.199. The third-order valence-corrected chi connectivity index (χ3v) is 4.62. The average Bonchev–Trinajstić information content (AvgIpc) is 2.82. The second-order valence-corrected chi connectivity index (χ2v) is 6.16. The Bertz CT molecular complexity index is 707. The predicted molar refractivity (Wildman–Crippen MR) is 68.5 cm³/mol. The number of halogens is 1. The van der Waals surface area contributed by atoms with Gasteiger partial charge in [-0.15, -0.1) is 11.3 Å². The van der Waals surface area contributed by atoms with Crippen LogP contribution in [-0.4, -0.2) is 19.5 Å². The first kappa shape index (κ1) is 13.5. The van der Waals surface area contributed by atoms with E-state index in [2.05, 4.69) is 4.72 Å². The summed E-state index contributed by atoms with van der Waals surface area (Å²) in [6.45, 7) is 0. The van der Waals surface area contributed by atoms with Gasteiger partial charge in [-0.3, -0.25) is 4.72 Å². The first-order valence-corrected chi connectivity index (χ1v) is 7.35. The highest BCUT2D eigenvalue weighted by atomic mass is 32.2. The number of carbonyl (C=O) groups is 1. The molecule has 2 N–H and O–H groups in total. The maximum absolute atomic E-state index is 12.7. The molecule has 0 fully saturated rings. The number of aromatic carboxylic acids is 1. The van der Waals surface area contributed by atoms with Crippen molar-refractivity contribution >= 4 is 33.0 Å². The highest BCUT2D eigenvalue weighted by Gasteiger charge is 2.18. The number of thiophene rings is 1. The molecule has 0 amide bonds. The number of hydrogen-bond acceptors (Lipinski definition) is 4.